The fourth-order valence-corrected chi connectivity index (χ4v) is 4.88. The molecule has 16 nitrogen and oxygen atoms in total. The number of aromatic hydroxyl groups is 2. The van der Waals surface area contributed by atoms with Crippen LogP contribution in [-0.2, 0) is 34.9 Å². The van der Waals surface area contributed by atoms with Crippen LogP contribution in [0.3, 0.4) is 0 Å². The number of aliphatic hydroxyl groups is 6. The van der Waals surface area contributed by atoms with E-state index in [1.165, 1.54) is 44.6 Å². The highest BCUT2D eigenvalue weighted by atomic mass is 16.8. The van der Waals surface area contributed by atoms with Crippen LogP contribution in [0, 0.1) is 0 Å². The van der Waals surface area contributed by atoms with Crippen molar-refractivity contribution in [1.82, 2.24) is 0 Å². The summed E-state index contributed by atoms with van der Waals surface area (Å²) in [6, 6.07) is 8.97. The van der Waals surface area contributed by atoms with Crippen molar-refractivity contribution < 1.29 is 78.8 Å². The van der Waals surface area contributed by atoms with Crippen molar-refractivity contribution in [3.05, 3.63) is 53.6 Å². The Balaban J connectivity index is 1.52. The van der Waals surface area contributed by atoms with Gasteiger partial charge >= 0.3 is 5.97 Å². The van der Waals surface area contributed by atoms with Crippen LogP contribution in [-0.4, -0.2) is 136 Å². The molecule has 2 aliphatic rings. The standard InChI is InChI=1S/C30H38O16/c1-40-18-11-14(3-6-16(18)32)5-8-21(34)44-26-20(13-31)43-29(42-10-9-15-4-7-17(33)19(12-15)41-2)25(38)27(26)45-30-24(37)22(35)23(36)28(39)46-30/h3-8,11-12,20,22-33,35-39H,9-10,13H2,1-2H3/b8-5+/t20-,22-,23-,24+,25-,26-,27-,28+,29-,30+/m1/s1. The summed E-state index contributed by atoms with van der Waals surface area (Å²) >= 11 is 0. The molecule has 0 radical (unpaired) electrons. The molecule has 2 aliphatic heterocycles. The molecule has 0 spiro atoms. The smallest absolute Gasteiger partial charge is 0.331 e. The van der Waals surface area contributed by atoms with Gasteiger partial charge in [0.2, 0.25) is 0 Å². The lowest BCUT2D eigenvalue weighted by molar-refractivity contribution is -0.378. The van der Waals surface area contributed by atoms with Gasteiger partial charge in [-0.3, -0.25) is 0 Å². The number of ether oxygens (including phenoxy) is 7. The zero-order valence-corrected chi connectivity index (χ0v) is 24.9. The molecule has 2 heterocycles. The minimum atomic E-state index is -1.98. The molecule has 0 aromatic heterocycles. The van der Waals surface area contributed by atoms with Crippen LogP contribution < -0.4 is 9.47 Å². The van der Waals surface area contributed by atoms with Gasteiger partial charge in [-0.15, -0.1) is 0 Å². The molecule has 0 aliphatic carbocycles. The highest BCUT2D eigenvalue weighted by molar-refractivity contribution is 5.87. The van der Waals surface area contributed by atoms with Gasteiger partial charge in [0.05, 0.1) is 27.4 Å². The second-order valence-electron chi connectivity index (χ2n) is 10.5. The minimum Gasteiger partial charge on any atom is -0.504 e. The summed E-state index contributed by atoms with van der Waals surface area (Å²) in [4.78, 5) is 12.9. The number of hydrogen-bond acceptors (Lipinski definition) is 16. The van der Waals surface area contributed by atoms with Crippen LogP contribution in [0.5, 0.6) is 23.0 Å². The van der Waals surface area contributed by atoms with Crippen LogP contribution in [0.25, 0.3) is 6.08 Å². The van der Waals surface area contributed by atoms with Gasteiger partial charge in [-0.25, -0.2) is 4.79 Å². The van der Waals surface area contributed by atoms with E-state index in [2.05, 4.69) is 0 Å². The Kier molecular flexibility index (Phi) is 12.2. The molecule has 0 bridgehead atoms. The van der Waals surface area contributed by atoms with Gasteiger partial charge in [0.25, 0.3) is 0 Å². The number of esters is 1. The highest BCUT2D eigenvalue weighted by Gasteiger charge is 2.52. The van der Waals surface area contributed by atoms with Gasteiger partial charge < -0.3 is 74.0 Å². The van der Waals surface area contributed by atoms with Crippen molar-refractivity contribution in [2.24, 2.45) is 0 Å². The van der Waals surface area contributed by atoms with Crippen LogP contribution >= 0.6 is 0 Å². The fraction of sp³-hybridized carbons (Fsp3) is 0.500. The van der Waals surface area contributed by atoms with Gasteiger partial charge in [-0.2, -0.15) is 0 Å². The lowest BCUT2D eigenvalue weighted by Crippen LogP contribution is -2.65. The monoisotopic (exact) mass is 654 g/mol. The van der Waals surface area contributed by atoms with Crippen molar-refractivity contribution in [2.75, 3.05) is 27.4 Å². The Morgan fingerprint density at radius 3 is 2.17 bits per heavy atom. The maximum absolute atomic E-state index is 12.9. The molecule has 254 valence electrons. The second kappa shape index (κ2) is 15.8. The minimum absolute atomic E-state index is 0.0457. The lowest BCUT2D eigenvalue weighted by Gasteiger charge is -2.46. The van der Waals surface area contributed by atoms with E-state index in [9.17, 15) is 45.6 Å². The van der Waals surface area contributed by atoms with Crippen LogP contribution in [0.4, 0.5) is 0 Å². The zero-order chi connectivity index (χ0) is 33.5. The molecule has 2 aromatic rings. The Labute approximate surface area is 263 Å². The summed E-state index contributed by atoms with van der Waals surface area (Å²) in [5, 5.41) is 81.5. The number of carbonyl (C=O) groups excluding carboxylic acids is 1. The topological polar surface area (TPSA) is 244 Å². The third-order valence-electron chi connectivity index (χ3n) is 7.42. The van der Waals surface area contributed by atoms with E-state index in [4.69, 9.17) is 33.2 Å². The summed E-state index contributed by atoms with van der Waals surface area (Å²) in [7, 11) is 2.75. The molecule has 4 rings (SSSR count). The van der Waals surface area contributed by atoms with Gasteiger partial charge in [-0.1, -0.05) is 12.1 Å². The SMILES string of the molecule is COc1cc(/C=C/C(=O)O[C@H]2[C@H](O[C@H]3O[C@H](O)[C@H](O)[C@@H](O)[C@@H]3O)[C@@H](O)[C@H](OCCc3ccc(O)c(OC)c3)O[C@@H]2CO)ccc1O. The number of aliphatic hydroxyl groups excluding tert-OH is 6. The van der Waals surface area contributed by atoms with Crippen molar-refractivity contribution in [2.45, 2.75) is 68.0 Å². The summed E-state index contributed by atoms with van der Waals surface area (Å²) in [5.74, 6) is -0.748. The van der Waals surface area contributed by atoms with Crippen molar-refractivity contribution in [3.8, 4) is 23.0 Å². The average Bonchev–Trinajstić information content (AvgIpc) is 3.05. The predicted molar refractivity (Wildman–Crippen MR) is 153 cm³/mol. The zero-order valence-electron chi connectivity index (χ0n) is 24.9. The molecule has 0 saturated carbocycles. The highest BCUT2D eigenvalue weighted by Crippen LogP contribution is 2.32. The number of hydrogen-bond donors (Lipinski definition) is 8. The van der Waals surface area contributed by atoms with Gasteiger partial charge in [-0.05, 0) is 47.9 Å². The Bertz CT molecular complexity index is 1340. The van der Waals surface area contributed by atoms with E-state index in [1.807, 2.05) is 0 Å². The molecular weight excluding hydrogens is 616 g/mol. The summed E-state index contributed by atoms with van der Waals surface area (Å²) < 4.78 is 37.9. The lowest BCUT2D eigenvalue weighted by atomic mass is 9.97. The van der Waals surface area contributed by atoms with Crippen LogP contribution in [0.1, 0.15) is 11.1 Å². The van der Waals surface area contributed by atoms with Crippen LogP contribution in [0.2, 0.25) is 0 Å². The van der Waals surface area contributed by atoms with Crippen molar-refractivity contribution >= 4 is 12.0 Å². The van der Waals surface area contributed by atoms with E-state index >= 15 is 0 Å². The average molecular weight is 655 g/mol. The van der Waals surface area contributed by atoms with Crippen molar-refractivity contribution in [1.29, 1.82) is 0 Å². The van der Waals surface area contributed by atoms with E-state index < -0.39 is 74.2 Å². The first-order valence-corrected chi connectivity index (χ1v) is 14.2. The molecule has 0 amide bonds. The number of methoxy groups -OCH3 is 2. The number of phenols is 2. The van der Waals surface area contributed by atoms with E-state index in [1.54, 1.807) is 12.1 Å². The summed E-state index contributed by atoms with van der Waals surface area (Å²) in [6.07, 6.45) is -14.6. The molecular formula is C30H38O16. The quantitative estimate of drug-likeness (QED) is 0.0961. The Morgan fingerprint density at radius 2 is 1.50 bits per heavy atom. The molecule has 8 N–H and O–H groups in total. The fourth-order valence-electron chi connectivity index (χ4n) is 4.88. The predicted octanol–water partition coefficient (Wildman–Crippen LogP) is -1.48. The molecule has 10 atom stereocenters. The van der Waals surface area contributed by atoms with E-state index in [-0.39, 0.29) is 36.0 Å². The molecule has 46 heavy (non-hydrogen) atoms. The number of benzene rings is 2. The largest absolute Gasteiger partial charge is 0.504 e. The summed E-state index contributed by atoms with van der Waals surface area (Å²) in [6.45, 7) is -0.799. The van der Waals surface area contributed by atoms with Gasteiger partial charge in [0.1, 0.15) is 36.6 Å². The summed E-state index contributed by atoms with van der Waals surface area (Å²) in [5.41, 5.74) is 1.16. The molecule has 2 saturated heterocycles. The first-order valence-electron chi connectivity index (χ1n) is 14.2. The molecule has 2 fully saturated rings. The number of carbonyl (C=O) groups is 1. The first kappa shape index (κ1) is 35.3. The Morgan fingerprint density at radius 1 is 0.826 bits per heavy atom. The number of rotatable bonds is 12. The molecule has 16 heteroatoms. The first-order chi connectivity index (χ1) is 22.0. The Hall–Kier alpha value is -3.55. The normalized spacial score (nSPS) is 31.5. The maximum Gasteiger partial charge on any atom is 0.331 e. The molecule has 0 unspecified atom stereocenters. The second-order valence-corrected chi connectivity index (χ2v) is 10.5. The van der Waals surface area contributed by atoms with Crippen molar-refractivity contribution in [3.63, 3.8) is 0 Å². The van der Waals surface area contributed by atoms with E-state index in [0.29, 0.717) is 11.1 Å². The third kappa shape index (κ3) is 8.23. The third-order valence-corrected chi connectivity index (χ3v) is 7.42. The number of phenolic OH excluding ortho intramolecular Hbond substituents is 2. The van der Waals surface area contributed by atoms with E-state index in [0.717, 1.165) is 6.08 Å². The molecule has 2 aromatic carbocycles. The van der Waals surface area contributed by atoms with Gasteiger partial charge in [0.15, 0.2) is 48.0 Å². The van der Waals surface area contributed by atoms with Gasteiger partial charge in [0, 0.05) is 6.08 Å². The van der Waals surface area contributed by atoms with Crippen LogP contribution in [0.15, 0.2) is 42.5 Å². The maximum atomic E-state index is 12.9.